The fraction of sp³-hybridized carbons (Fsp3) is 0.600. The van der Waals surface area contributed by atoms with Crippen molar-refractivity contribution in [2.45, 2.75) is 66.5 Å². The highest BCUT2D eigenvalue weighted by Gasteiger charge is 2.54. The number of hydrogen-bond donors (Lipinski definition) is 2. The van der Waals surface area contributed by atoms with Crippen LogP contribution < -0.4 is 5.32 Å². The number of amides is 1. The van der Waals surface area contributed by atoms with Gasteiger partial charge in [-0.2, -0.15) is 0 Å². The highest BCUT2D eigenvalue weighted by Crippen LogP contribution is 2.63. The van der Waals surface area contributed by atoms with Gasteiger partial charge in [-0.3, -0.25) is 10.1 Å². The lowest BCUT2D eigenvalue weighted by Gasteiger charge is -2.65. The highest BCUT2D eigenvalue weighted by molar-refractivity contribution is 6.69. The maximum Gasteiger partial charge on any atom is 0.227 e. The maximum atomic E-state index is 13.2. The minimum atomic E-state index is -2.34. The summed E-state index contributed by atoms with van der Waals surface area (Å²) in [7, 11) is 53.2. The topological polar surface area (TPSA) is 67.2 Å². The van der Waals surface area contributed by atoms with Crippen LogP contribution in [-0.4, -0.2) is 91.2 Å². The van der Waals surface area contributed by atoms with Crippen molar-refractivity contribution in [3.63, 3.8) is 0 Å². The zero-order valence-corrected chi connectivity index (χ0v) is 19.6. The van der Waals surface area contributed by atoms with Gasteiger partial charge in [-0.05, 0) is 50.8 Å². The molecule has 18 radical (unpaired) electrons. The van der Waals surface area contributed by atoms with Crippen molar-refractivity contribution in [2.24, 2.45) is 5.41 Å². The molecule has 0 unspecified atom stereocenters. The van der Waals surface area contributed by atoms with E-state index in [1.54, 1.807) is 26.0 Å². The average Bonchev–Trinajstić information content (AvgIpc) is 2.91. The minimum Gasteiger partial charge on any atom is -0.386 e. The zero-order valence-electron chi connectivity index (χ0n) is 19.6. The lowest BCUT2D eigenvalue weighted by atomic mass is 9.09. The predicted molar refractivity (Wildman–Crippen MR) is 143 cm³/mol. The van der Waals surface area contributed by atoms with Crippen molar-refractivity contribution in [1.82, 2.24) is 9.55 Å². The number of imidazole rings is 1. The van der Waals surface area contributed by atoms with Crippen molar-refractivity contribution in [2.75, 3.05) is 5.32 Å². The lowest BCUT2D eigenvalue weighted by molar-refractivity contribution is -0.118. The third-order valence-electron chi connectivity index (χ3n) is 6.73. The van der Waals surface area contributed by atoms with Crippen LogP contribution >= 0.6 is 0 Å². The Balaban J connectivity index is 2.05. The number of aromatic nitrogens is 2. The molecule has 1 aliphatic rings. The molecule has 0 spiro atoms. The Hall–Kier alpha value is -1.30. The standard InChI is InChI=1S/C20H20B9N3O2/c1-16(2,34)10-6-7-12-13(8-10)32(11-4-3-5-11)15(30-12)31-14(33)9-17(18(21,22)23,19(24,25)26)20(27,28)29/h6-8,11,34H,3-5,9H2,1-2H3,(H,30,31,33). The van der Waals surface area contributed by atoms with E-state index in [1.807, 2.05) is 10.6 Å². The Morgan fingerprint density at radius 3 is 1.97 bits per heavy atom. The molecule has 3 rings (SSSR count). The van der Waals surface area contributed by atoms with E-state index >= 15 is 0 Å². The summed E-state index contributed by atoms with van der Waals surface area (Å²) in [6.45, 7) is 3.38. The van der Waals surface area contributed by atoms with Crippen molar-refractivity contribution < 1.29 is 9.90 Å². The Kier molecular flexibility index (Phi) is 6.96. The van der Waals surface area contributed by atoms with Crippen LogP contribution in [0.2, 0.25) is 15.3 Å². The highest BCUT2D eigenvalue weighted by atomic mass is 16.3. The van der Waals surface area contributed by atoms with Gasteiger partial charge < -0.3 is 9.67 Å². The van der Waals surface area contributed by atoms with E-state index in [2.05, 4.69) is 10.3 Å². The van der Waals surface area contributed by atoms with Gasteiger partial charge in [-0.15, -0.1) is 15.3 Å². The predicted octanol–water partition coefficient (Wildman–Crippen LogP) is 0.0413. The first-order valence-electron chi connectivity index (χ1n) is 10.9. The molecule has 0 bridgehead atoms. The van der Waals surface area contributed by atoms with Crippen LogP contribution in [0.25, 0.3) is 11.0 Å². The molecule has 2 N–H and O–H groups in total. The van der Waals surface area contributed by atoms with Crippen molar-refractivity contribution in [1.29, 1.82) is 0 Å². The molecule has 1 amide bonds. The number of nitrogens with one attached hydrogen (secondary N) is 1. The third kappa shape index (κ3) is 4.73. The fourth-order valence-electron chi connectivity index (χ4n) is 4.57. The van der Waals surface area contributed by atoms with Crippen molar-refractivity contribution >= 4 is 93.5 Å². The second-order valence-corrected chi connectivity index (χ2v) is 10.1. The Morgan fingerprint density at radius 1 is 1.03 bits per heavy atom. The summed E-state index contributed by atoms with van der Waals surface area (Å²) in [5.41, 5.74) is -1.22. The molecule has 1 saturated carbocycles. The lowest BCUT2D eigenvalue weighted by Crippen LogP contribution is -2.58. The van der Waals surface area contributed by atoms with Gasteiger partial charge >= 0.3 is 0 Å². The first-order valence-corrected chi connectivity index (χ1v) is 10.9. The summed E-state index contributed by atoms with van der Waals surface area (Å²) in [6, 6.07) is 5.51. The Labute approximate surface area is 213 Å². The van der Waals surface area contributed by atoms with Crippen LogP contribution in [0.3, 0.4) is 0 Å². The molecular formula is C20H20B9N3O2. The Morgan fingerprint density at radius 2 is 1.56 bits per heavy atom. The van der Waals surface area contributed by atoms with Crippen LogP contribution in [-0.2, 0) is 10.4 Å². The van der Waals surface area contributed by atoms with E-state index in [0.29, 0.717) is 11.1 Å². The normalized spacial score (nSPS) is 16.3. The van der Waals surface area contributed by atoms with E-state index in [-0.39, 0.29) is 12.0 Å². The van der Waals surface area contributed by atoms with Gasteiger partial charge in [-0.25, -0.2) is 4.98 Å². The smallest absolute Gasteiger partial charge is 0.227 e. The molecule has 1 aliphatic carbocycles. The van der Waals surface area contributed by atoms with E-state index < -0.39 is 38.7 Å². The summed E-state index contributed by atoms with van der Waals surface area (Å²) in [4.78, 5) is 17.8. The first kappa shape index (κ1) is 27.3. The summed E-state index contributed by atoms with van der Waals surface area (Å²) < 4.78 is 1.91. The molecule has 1 fully saturated rings. The molecule has 5 nitrogen and oxygen atoms in total. The molecule has 34 heavy (non-hydrogen) atoms. The number of fused-ring (bicyclic) bond motifs is 1. The molecule has 0 atom stereocenters. The van der Waals surface area contributed by atoms with Gasteiger partial charge in [0.2, 0.25) is 11.9 Å². The second-order valence-electron chi connectivity index (χ2n) is 10.1. The summed E-state index contributed by atoms with van der Waals surface area (Å²) in [5, 5.41) is 6.17. The van der Waals surface area contributed by atoms with Gasteiger partial charge in [0.1, 0.15) is 0 Å². The van der Waals surface area contributed by atoms with Gasteiger partial charge in [0.05, 0.1) is 87.3 Å². The van der Waals surface area contributed by atoms with Crippen LogP contribution in [0.1, 0.15) is 51.1 Å². The number of hydrogen-bond acceptors (Lipinski definition) is 3. The van der Waals surface area contributed by atoms with Gasteiger partial charge in [0.15, 0.2) is 0 Å². The molecule has 0 saturated heterocycles. The molecule has 1 aromatic heterocycles. The quantitative estimate of drug-likeness (QED) is 0.580. The summed E-state index contributed by atoms with van der Waals surface area (Å²) >= 11 is 0. The monoisotopic (exact) mass is 433 g/mol. The van der Waals surface area contributed by atoms with Gasteiger partial charge in [-0.1, -0.05) is 11.5 Å². The largest absolute Gasteiger partial charge is 0.386 e. The van der Waals surface area contributed by atoms with Crippen LogP contribution in [0, 0.1) is 5.41 Å². The van der Waals surface area contributed by atoms with E-state index in [4.69, 9.17) is 70.6 Å². The minimum absolute atomic E-state index is 0.106. The van der Waals surface area contributed by atoms with Gasteiger partial charge in [0.25, 0.3) is 0 Å². The first-order chi connectivity index (χ1) is 15.3. The third-order valence-corrected chi connectivity index (χ3v) is 6.73. The van der Waals surface area contributed by atoms with Crippen LogP contribution in [0.4, 0.5) is 5.95 Å². The second kappa shape index (κ2) is 8.67. The summed E-state index contributed by atoms with van der Waals surface area (Å²) in [5.74, 6) is -0.447. The number of carbonyl (C=O) groups excluding carboxylic acids is 1. The Bertz CT molecular complexity index is 1040. The van der Waals surface area contributed by atoms with Gasteiger partial charge in [0, 0.05) is 12.5 Å². The maximum absolute atomic E-state index is 13.2. The number of rotatable bonds is 8. The average molecular weight is 432 g/mol. The van der Waals surface area contributed by atoms with Crippen LogP contribution in [0.5, 0.6) is 0 Å². The molecular weight excluding hydrogens is 412 g/mol. The van der Waals surface area contributed by atoms with E-state index in [0.717, 1.165) is 24.8 Å². The SMILES string of the molecule is [B]C([B])([B])C(CC(=O)Nc1nc2ccc(C(C)(C)O)cc2n1C1CCC1)(C([B])([B])[B])C([B])([B])[B]. The number of benzene rings is 1. The molecule has 2 aromatic rings. The fourth-order valence-corrected chi connectivity index (χ4v) is 4.57. The number of carbonyl (C=O) groups is 1. The van der Waals surface area contributed by atoms with Crippen LogP contribution in [0.15, 0.2) is 18.2 Å². The molecule has 0 aliphatic heterocycles. The number of aliphatic hydroxyl groups is 1. The van der Waals surface area contributed by atoms with E-state index in [9.17, 15) is 9.90 Å². The molecule has 1 aromatic carbocycles. The molecule has 154 valence electrons. The van der Waals surface area contributed by atoms with E-state index in [1.165, 1.54) is 0 Å². The van der Waals surface area contributed by atoms with Crippen molar-refractivity contribution in [3.05, 3.63) is 23.8 Å². The number of nitrogens with zero attached hydrogens (tertiary/aromatic N) is 2. The van der Waals surface area contributed by atoms with Crippen molar-refractivity contribution in [3.8, 4) is 0 Å². The molecule has 1 heterocycles. The zero-order chi connectivity index (χ0) is 25.9. The number of anilines is 1. The molecule has 14 heteroatoms. The summed E-state index contributed by atoms with van der Waals surface area (Å²) in [6.07, 6.45) is 2.13.